The number of piperidine rings is 1. The molecule has 1 aliphatic carbocycles. The van der Waals surface area contributed by atoms with Crippen molar-refractivity contribution in [3.05, 3.63) is 35.9 Å². The van der Waals surface area contributed by atoms with Crippen LogP contribution in [0.5, 0.6) is 0 Å². The first kappa shape index (κ1) is 12.5. The lowest BCUT2D eigenvalue weighted by molar-refractivity contribution is 0.0264. The molecule has 3 rings (SSSR count). The van der Waals surface area contributed by atoms with Crippen molar-refractivity contribution in [3.8, 4) is 0 Å². The quantitative estimate of drug-likeness (QED) is 0.607. The van der Waals surface area contributed by atoms with E-state index in [2.05, 4.69) is 39.3 Å². The lowest BCUT2D eigenvalue weighted by Gasteiger charge is -2.49. The van der Waals surface area contributed by atoms with Crippen molar-refractivity contribution >= 4 is 17.4 Å². The zero-order valence-electron chi connectivity index (χ0n) is 14.4. The summed E-state index contributed by atoms with van der Waals surface area (Å²) < 4.78 is 16.4. The van der Waals surface area contributed by atoms with Gasteiger partial charge in [0, 0.05) is 21.4 Å². The first-order valence-electron chi connectivity index (χ1n) is 9.03. The second-order valence-electron chi connectivity index (χ2n) is 6.05. The Labute approximate surface area is 136 Å². The molecule has 1 saturated carbocycles. The summed E-state index contributed by atoms with van der Waals surface area (Å²) in [6, 6.07) is 10.9. The molecular formula is C18H24N2S. The van der Waals surface area contributed by atoms with Crippen LogP contribution in [0.15, 0.2) is 35.3 Å². The molecular weight excluding hydrogens is 276 g/mol. The van der Waals surface area contributed by atoms with Crippen LogP contribution in [0.25, 0.3) is 0 Å². The number of likely N-dealkylation sites (tertiary alicyclic amines) is 1. The van der Waals surface area contributed by atoms with E-state index in [1.807, 2.05) is 6.07 Å². The number of hydrogen-bond acceptors (Lipinski definition) is 3. The Hall–Kier alpha value is -1.02. The second kappa shape index (κ2) is 6.83. The largest absolute Gasteiger partial charge is 0.293 e. The summed E-state index contributed by atoms with van der Waals surface area (Å²) >= 11 is 4.74. The van der Waals surface area contributed by atoms with Crippen molar-refractivity contribution in [1.82, 2.24) is 4.90 Å². The van der Waals surface area contributed by atoms with Crippen LogP contribution in [0.1, 0.15) is 53.2 Å². The summed E-state index contributed by atoms with van der Waals surface area (Å²) in [6.07, 6.45) is 4.00. The lowest BCUT2D eigenvalue weighted by atomic mass is 9.74. The van der Waals surface area contributed by atoms with Gasteiger partial charge in [-0.25, -0.2) is 4.99 Å². The molecule has 1 saturated heterocycles. The molecule has 0 radical (unpaired) electrons. The summed E-state index contributed by atoms with van der Waals surface area (Å²) in [5.74, 6) is 0. The van der Waals surface area contributed by atoms with E-state index in [1.165, 1.54) is 5.56 Å². The van der Waals surface area contributed by atoms with Crippen molar-refractivity contribution in [2.75, 3.05) is 13.1 Å². The topological polar surface area (TPSA) is 15.6 Å². The van der Waals surface area contributed by atoms with Crippen molar-refractivity contribution in [2.45, 2.75) is 56.5 Å². The van der Waals surface area contributed by atoms with Crippen molar-refractivity contribution in [2.24, 2.45) is 4.99 Å². The van der Waals surface area contributed by atoms with Gasteiger partial charge in [-0.1, -0.05) is 49.5 Å². The SMILES string of the molecule is [3H]C1CCC(c2ccccc2)(N2CCC(N=C=S)CC2)CC1[3H]. The zero-order valence-corrected chi connectivity index (χ0v) is 13.2. The van der Waals surface area contributed by atoms with Crippen LogP contribution in [0.2, 0.25) is 0 Å². The van der Waals surface area contributed by atoms with E-state index in [0.29, 0.717) is 6.04 Å². The predicted molar refractivity (Wildman–Crippen MR) is 90.8 cm³/mol. The Bertz CT molecular complexity index is 568. The Kier molecular flexibility index (Phi) is 4.07. The van der Waals surface area contributed by atoms with Gasteiger partial charge in [-0.05, 0) is 43.5 Å². The molecule has 0 N–H and O–H groups in total. The maximum atomic E-state index is 8.35. The molecule has 1 aliphatic heterocycles. The number of benzene rings is 1. The highest BCUT2D eigenvalue weighted by Gasteiger charge is 2.40. The standard InChI is InChI=1S/C18H24N2S/c21-15-19-17-9-13-20(14-10-17)18(11-5-2-6-12-18)16-7-3-1-4-8-16/h1,3-4,7-8,17H,2,5-6,9-14H2/i2T,5T. The van der Waals surface area contributed by atoms with Crippen LogP contribution in [0.4, 0.5) is 0 Å². The smallest absolute Gasteiger partial charge is 0.0627 e. The number of thiocarbonyl (C=S) groups is 1. The zero-order chi connectivity index (χ0) is 16.3. The first-order valence-corrected chi connectivity index (χ1v) is 8.28. The Morgan fingerprint density at radius 2 is 1.95 bits per heavy atom. The van der Waals surface area contributed by atoms with E-state index >= 15 is 0 Å². The van der Waals surface area contributed by atoms with Gasteiger partial charge in [0.05, 0.1) is 11.2 Å². The average molecular weight is 304 g/mol. The molecule has 2 aliphatic rings. The highest BCUT2D eigenvalue weighted by atomic mass is 32.1. The molecule has 3 heteroatoms. The van der Waals surface area contributed by atoms with Crippen molar-refractivity contribution in [1.29, 1.82) is 0 Å². The summed E-state index contributed by atoms with van der Waals surface area (Å²) in [7, 11) is 0. The van der Waals surface area contributed by atoms with E-state index in [9.17, 15) is 0 Å². The van der Waals surface area contributed by atoms with Crippen LogP contribution in [0, 0.1) is 0 Å². The minimum atomic E-state index is -0.305. The van der Waals surface area contributed by atoms with Crippen LogP contribution < -0.4 is 0 Å². The second-order valence-corrected chi connectivity index (χ2v) is 6.23. The van der Waals surface area contributed by atoms with E-state index < -0.39 is 0 Å². The van der Waals surface area contributed by atoms with Gasteiger partial charge in [0.2, 0.25) is 0 Å². The third-order valence-corrected chi connectivity index (χ3v) is 5.07. The number of aliphatic imine (C=N–C) groups is 1. The average Bonchev–Trinajstić information content (AvgIpc) is 2.59. The van der Waals surface area contributed by atoms with E-state index in [1.54, 1.807) is 0 Å². The summed E-state index contributed by atoms with van der Waals surface area (Å²) in [5, 5.41) is 2.52. The van der Waals surface area contributed by atoms with Gasteiger partial charge in [0.15, 0.2) is 0 Å². The maximum Gasteiger partial charge on any atom is 0.0627 e. The predicted octanol–water partition coefficient (Wildman–Crippen LogP) is 4.41. The maximum absolute atomic E-state index is 8.35. The van der Waals surface area contributed by atoms with E-state index in [4.69, 9.17) is 15.0 Å². The highest BCUT2D eigenvalue weighted by molar-refractivity contribution is 7.78. The fourth-order valence-corrected chi connectivity index (χ4v) is 3.95. The normalized spacial score (nSPS) is 36.4. The molecule has 2 fully saturated rings. The summed E-state index contributed by atoms with van der Waals surface area (Å²) in [4.78, 5) is 6.80. The molecule has 0 spiro atoms. The minimum absolute atomic E-state index is 0.0857. The minimum Gasteiger partial charge on any atom is -0.293 e. The molecule has 1 aromatic carbocycles. The van der Waals surface area contributed by atoms with Crippen LogP contribution >= 0.6 is 12.2 Å². The van der Waals surface area contributed by atoms with Crippen molar-refractivity contribution in [3.63, 3.8) is 0 Å². The van der Waals surface area contributed by atoms with E-state index in [0.717, 1.165) is 45.2 Å². The molecule has 3 atom stereocenters. The van der Waals surface area contributed by atoms with Gasteiger partial charge < -0.3 is 0 Å². The Morgan fingerprint density at radius 1 is 1.19 bits per heavy atom. The molecule has 21 heavy (non-hydrogen) atoms. The molecule has 112 valence electrons. The third kappa shape index (κ3) is 3.11. The van der Waals surface area contributed by atoms with Crippen LogP contribution in [0.3, 0.4) is 0 Å². The molecule has 1 aromatic rings. The Morgan fingerprint density at radius 3 is 2.62 bits per heavy atom. The Balaban J connectivity index is 1.86. The third-order valence-electron chi connectivity index (χ3n) is 4.96. The fraction of sp³-hybridized carbons (Fsp3) is 0.611. The van der Waals surface area contributed by atoms with Gasteiger partial charge in [-0.2, -0.15) is 0 Å². The molecule has 0 amide bonds. The number of rotatable bonds is 3. The van der Waals surface area contributed by atoms with Crippen LogP contribution in [-0.2, 0) is 5.54 Å². The van der Waals surface area contributed by atoms with Crippen molar-refractivity contribution < 1.29 is 2.74 Å². The van der Waals surface area contributed by atoms with Gasteiger partial charge >= 0.3 is 0 Å². The van der Waals surface area contributed by atoms with E-state index in [-0.39, 0.29) is 18.3 Å². The summed E-state index contributed by atoms with van der Waals surface area (Å²) in [6.45, 7) is 1.96. The molecule has 3 unspecified atom stereocenters. The fourth-order valence-electron chi connectivity index (χ4n) is 3.80. The number of nitrogens with zero attached hydrogens (tertiary/aromatic N) is 2. The van der Waals surface area contributed by atoms with Gasteiger partial charge in [0.25, 0.3) is 0 Å². The molecule has 1 heterocycles. The first-order chi connectivity index (χ1) is 11.2. The molecule has 0 bridgehead atoms. The number of isothiocyanates is 1. The van der Waals surface area contributed by atoms with Gasteiger partial charge in [-0.3, -0.25) is 4.90 Å². The monoisotopic (exact) mass is 304 g/mol. The number of hydrogen-bond donors (Lipinski definition) is 0. The van der Waals surface area contributed by atoms with Gasteiger partial charge in [0.1, 0.15) is 0 Å². The molecule has 0 aromatic heterocycles. The highest BCUT2D eigenvalue weighted by Crippen LogP contribution is 2.43. The summed E-state index contributed by atoms with van der Waals surface area (Å²) in [5.41, 5.74) is 1.22. The van der Waals surface area contributed by atoms with Gasteiger partial charge in [-0.15, -0.1) is 0 Å². The lowest BCUT2D eigenvalue weighted by Crippen LogP contribution is -2.51. The van der Waals surface area contributed by atoms with Crippen LogP contribution in [-0.4, -0.2) is 29.2 Å². The molecule has 2 nitrogen and oxygen atoms in total.